The van der Waals surface area contributed by atoms with Crippen LogP contribution in [0.3, 0.4) is 0 Å². The summed E-state index contributed by atoms with van der Waals surface area (Å²) in [7, 11) is 0. The molecule has 0 atom stereocenters. The van der Waals surface area contributed by atoms with Crippen LogP contribution >= 0.6 is 34.7 Å². The first kappa shape index (κ1) is 27.8. The number of alkyl halides is 3. The van der Waals surface area contributed by atoms with Crippen LogP contribution < -0.4 is 5.32 Å². The molecule has 0 radical (unpaired) electrons. The molecule has 0 bridgehead atoms. The predicted molar refractivity (Wildman–Crippen MR) is 147 cm³/mol. The minimum Gasteiger partial charge on any atom is -0.301 e. The third kappa shape index (κ3) is 6.52. The summed E-state index contributed by atoms with van der Waals surface area (Å²) in [5, 5.41) is 12.2. The maximum absolute atomic E-state index is 13.6. The molecule has 0 aliphatic heterocycles. The average molecular weight is 604 g/mol. The van der Waals surface area contributed by atoms with Crippen molar-refractivity contribution in [3.8, 4) is 17.1 Å². The first-order chi connectivity index (χ1) is 19.2. The summed E-state index contributed by atoms with van der Waals surface area (Å²) >= 11 is 8.39. The number of aromatic nitrogens is 4. The van der Waals surface area contributed by atoms with Gasteiger partial charge in [-0.3, -0.25) is 9.36 Å². The van der Waals surface area contributed by atoms with E-state index in [1.807, 2.05) is 30.3 Å². The minimum atomic E-state index is -4.48. The summed E-state index contributed by atoms with van der Waals surface area (Å²) in [5.74, 6) is -0.238. The number of amides is 1. The Morgan fingerprint density at radius 2 is 1.77 bits per heavy atom. The zero-order valence-electron chi connectivity index (χ0n) is 20.3. The number of hydrogen-bond donors (Lipinski definition) is 1. The van der Waals surface area contributed by atoms with Gasteiger partial charge >= 0.3 is 6.18 Å². The van der Waals surface area contributed by atoms with Crippen molar-refractivity contribution in [1.29, 1.82) is 0 Å². The van der Waals surface area contributed by atoms with Crippen LogP contribution in [0.25, 0.3) is 17.1 Å². The van der Waals surface area contributed by atoms with Crippen molar-refractivity contribution in [1.82, 2.24) is 19.7 Å². The van der Waals surface area contributed by atoms with Crippen molar-refractivity contribution in [2.24, 2.45) is 0 Å². The number of rotatable bonds is 8. The number of carbonyl (C=O) groups excluding carboxylic acids is 1. The van der Waals surface area contributed by atoms with Gasteiger partial charge in [0.15, 0.2) is 16.1 Å². The molecule has 2 aromatic heterocycles. The van der Waals surface area contributed by atoms with E-state index >= 15 is 0 Å². The summed E-state index contributed by atoms with van der Waals surface area (Å²) in [6.45, 7) is 0. The predicted octanol–water partition coefficient (Wildman–Crippen LogP) is 7.52. The number of hydrogen-bond acceptors (Lipinski definition) is 6. The van der Waals surface area contributed by atoms with Crippen LogP contribution in [0.5, 0.6) is 0 Å². The number of halogens is 5. The van der Waals surface area contributed by atoms with Crippen LogP contribution in [-0.4, -0.2) is 31.4 Å². The normalized spacial score (nSPS) is 11.5. The number of carbonyl (C=O) groups is 1. The molecule has 0 aliphatic rings. The van der Waals surface area contributed by atoms with Crippen molar-refractivity contribution in [3.63, 3.8) is 0 Å². The second kappa shape index (κ2) is 11.8. The second-order valence-electron chi connectivity index (χ2n) is 8.43. The van der Waals surface area contributed by atoms with Crippen LogP contribution in [-0.2, 0) is 17.4 Å². The van der Waals surface area contributed by atoms with Crippen molar-refractivity contribution < 1.29 is 22.4 Å². The number of benzene rings is 3. The molecule has 0 saturated heterocycles. The Morgan fingerprint density at radius 3 is 2.50 bits per heavy atom. The number of thiazole rings is 1. The molecule has 2 heterocycles. The molecule has 0 saturated carbocycles. The third-order valence-electron chi connectivity index (χ3n) is 5.62. The van der Waals surface area contributed by atoms with Crippen LogP contribution in [0, 0.1) is 5.82 Å². The lowest BCUT2D eigenvalue weighted by molar-refractivity contribution is -0.137. The van der Waals surface area contributed by atoms with E-state index < -0.39 is 11.7 Å². The van der Waals surface area contributed by atoms with Gasteiger partial charge in [0.05, 0.1) is 11.3 Å². The fourth-order valence-electron chi connectivity index (χ4n) is 3.77. The Morgan fingerprint density at radius 1 is 1.02 bits per heavy atom. The second-order valence-corrected chi connectivity index (χ2v) is 10.9. The standard InChI is InChI=1S/C27H18ClF4N5OS2/c28-22-11-6-18(27(30,31)32)12-17(22)13-21-14-33-25(40-21)34-23(38)15-39-26-36-35-24(16-4-2-1-3-5-16)37(26)20-9-7-19(29)8-10-20/h1-12,14H,13,15H2,(H,33,34,38). The van der Waals surface area contributed by atoms with E-state index in [-0.39, 0.29) is 28.9 Å². The summed E-state index contributed by atoms with van der Waals surface area (Å²) in [6, 6.07) is 18.4. The zero-order chi connectivity index (χ0) is 28.3. The molecule has 204 valence electrons. The first-order valence-electron chi connectivity index (χ1n) is 11.7. The summed E-state index contributed by atoms with van der Waals surface area (Å²) in [5.41, 5.74) is 0.951. The highest BCUT2D eigenvalue weighted by molar-refractivity contribution is 7.99. The van der Waals surface area contributed by atoms with Gasteiger partial charge in [-0.15, -0.1) is 21.5 Å². The Kier molecular flexibility index (Phi) is 8.19. The molecular weight excluding hydrogens is 586 g/mol. The molecule has 5 aromatic rings. The number of nitrogens with zero attached hydrogens (tertiary/aromatic N) is 4. The molecule has 1 amide bonds. The van der Waals surface area contributed by atoms with E-state index in [2.05, 4.69) is 20.5 Å². The van der Waals surface area contributed by atoms with E-state index in [1.165, 1.54) is 24.4 Å². The van der Waals surface area contributed by atoms with Crippen LogP contribution in [0.4, 0.5) is 22.7 Å². The molecule has 5 rings (SSSR count). The highest BCUT2D eigenvalue weighted by Crippen LogP contribution is 2.33. The molecule has 6 nitrogen and oxygen atoms in total. The fourth-order valence-corrected chi connectivity index (χ4v) is 5.56. The summed E-state index contributed by atoms with van der Waals surface area (Å²) < 4.78 is 54.5. The molecule has 3 aromatic carbocycles. The highest BCUT2D eigenvalue weighted by Gasteiger charge is 2.31. The van der Waals surface area contributed by atoms with Gasteiger partial charge in [0, 0.05) is 33.8 Å². The van der Waals surface area contributed by atoms with Gasteiger partial charge in [0.1, 0.15) is 5.82 Å². The van der Waals surface area contributed by atoms with Gasteiger partial charge < -0.3 is 5.32 Å². The zero-order valence-corrected chi connectivity index (χ0v) is 22.7. The van der Waals surface area contributed by atoms with Crippen LogP contribution in [0.15, 0.2) is 84.1 Å². The lowest BCUT2D eigenvalue weighted by Gasteiger charge is -2.10. The quantitative estimate of drug-likeness (QED) is 0.147. The average Bonchev–Trinajstić information content (AvgIpc) is 3.56. The Bertz CT molecular complexity index is 1640. The molecule has 0 spiro atoms. The highest BCUT2D eigenvalue weighted by atomic mass is 35.5. The molecule has 40 heavy (non-hydrogen) atoms. The third-order valence-corrected chi connectivity index (χ3v) is 7.83. The van der Waals surface area contributed by atoms with Gasteiger partial charge in [-0.05, 0) is 48.0 Å². The molecule has 0 fully saturated rings. The largest absolute Gasteiger partial charge is 0.416 e. The van der Waals surface area contributed by atoms with Crippen molar-refractivity contribution in [3.05, 3.63) is 106 Å². The van der Waals surface area contributed by atoms with Crippen molar-refractivity contribution in [2.75, 3.05) is 11.1 Å². The Hall–Kier alpha value is -3.74. The molecule has 0 unspecified atom stereocenters. The number of thioether (sulfide) groups is 1. The molecule has 0 aliphatic carbocycles. The van der Waals surface area contributed by atoms with Gasteiger partial charge in [-0.1, -0.05) is 53.7 Å². The fraction of sp³-hybridized carbons (Fsp3) is 0.111. The summed E-state index contributed by atoms with van der Waals surface area (Å²) in [6.07, 6.45) is -2.86. The number of nitrogens with one attached hydrogen (secondary N) is 1. The minimum absolute atomic E-state index is 0.0253. The van der Waals surface area contributed by atoms with Crippen molar-refractivity contribution in [2.45, 2.75) is 17.8 Å². The lowest BCUT2D eigenvalue weighted by Crippen LogP contribution is -2.14. The van der Waals surface area contributed by atoms with E-state index in [1.54, 1.807) is 16.7 Å². The van der Waals surface area contributed by atoms with E-state index in [0.29, 0.717) is 32.2 Å². The van der Waals surface area contributed by atoms with Gasteiger partial charge in [-0.2, -0.15) is 13.2 Å². The van der Waals surface area contributed by atoms with Crippen molar-refractivity contribution >= 4 is 45.7 Å². The van der Waals surface area contributed by atoms with Crippen LogP contribution in [0.1, 0.15) is 16.0 Å². The lowest BCUT2D eigenvalue weighted by atomic mass is 10.1. The maximum Gasteiger partial charge on any atom is 0.416 e. The van der Waals surface area contributed by atoms with Gasteiger partial charge in [0.25, 0.3) is 0 Å². The molecular formula is C27H18ClF4N5OS2. The monoisotopic (exact) mass is 603 g/mol. The SMILES string of the molecule is O=C(CSc1nnc(-c2ccccc2)n1-c1ccc(F)cc1)Nc1ncc(Cc2cc(C(F)(F)F)ccc2Cl)s1. The molecule has 13 heteroatoms. The maximum atomic E-state index is 13.6. The van der Waals surface area contributed by atoms with Gasteiger partial charge in [0.2, 0.25) is 5.91 Å². The van der Waals surface area contributed by atoms with E-state index in [9.17, 15) is 22.4 Å². The molecule has 1 N–H and O–H groups in total. The summed E-state index contributed by atoms with van der Waals surface area (Å²) in [4.78, 5) is 17.5. The smallest absolute Gasteiger partial charge is 0.301 e. The number of anilines is 1. The Balaban J connectivity index is 1.28. The first-order valence-corrected chi connectivity index (χ1v) is 13.8. The van der Waals surface area contributed by atoms with Crippen LogP contribution in [0.2, 0.25) is 5.02 Å². The van der Waals surface area contributed by atoms with E-state index in [0.717, 1.165) is 40.8 Å². The van der Waals surface area contributed by atoms with E-state index in [4.69, 9.17) is 11.6 Å². The Labute approximate surface area is 239 Å². The topological polar surface area (TPSA) is 72.7 Å². The van der Waals surface area contributed by atoms with Gasteiger partial charge in [-0.25, -0.2) is 9.37 Å².